The van der Waals surface area contributed by atoms with Crippen molar-refractivity contribution in [2.24, 2.45) is 47.3 Å². The van der Waals surface area contributed by atoms with Crippen molar-refractivity contribution in [2.75, 3.05) is 41.5 Å². The topological polar surface area (TPSA) is 131 Å². The van der Waals surface area contributed by atoms with Crippen LogP contribution in [0.1, 0.15) is 115 Å². The molecule has 0 spiro atoms. The number of hydrogen-bond acceptors (Lipinski definition) is 12. The van der Waals surface area contributed by atoms with Gasteiger partial charge < -0.3 is 47.9 Å². The molecule has 0 aromatic heterocycles. The van der Waals surface area contributed by atoms with Gasteiger partial charge in [0.25, 0.3) is 0 Å². The van der Waals surface area contributed by atoms with Gasteiger partial charge in [0, 0.05) is 62.9 Å². The lowest BCUT2D eigenvalue weighted by Gasteiger charge is -2.49. The molecule has 3 heterocycles. The summed E-state index contributed by atoms with van der Waals surface area (Å²) in [6, 6.07) is -0.0146. The van der Waals surface area contributed by atoms with Crippen LogP contribution < -0.4 is 0 Å². The van der Waals surface area contributed by atoms with E-state index < -0.39 is 55.0 Å². The molecular formula is C47H83NO11. The van der Waals surface area contributed by atoms with Crippen LogP contribution in [0.3, 0.4) is 0 Å². The maximum atomic E-state index is 13.9. The number of unbranched alkanes of at least 4 members (excludes halogenated alkanes) is 1. The summed E-state index contributed by atoms with van der Waals surface area (Å²) in [5, 5.41) is 12.0. The number of cyclic esters (lactones) is 1. The second kappa shape index (κ2) is 24.8. The number of methoxy groups -OCH3 is 2. The third-order valence-corrected chi connectivity index (χ3v) is 13.7. The van der Waals surface area contributed by atoms with Crippen LogP contribution in [0.25, 0.3) is 0 Å². The van der Waals surface area contributed by atoms with Gasteiger partial charge in [0.15, 0.2) is 24.7 Å². The zero-order chi connectivity index (χ0) is 44.1. The van der Waals surface area contributed by atoms with Crippen LogP contribution in [-0.4, -0.2) is 125 Å². The molecule has 1 N–H and O–H groups in total. The van der Waals surface area contributed by atoms with Gasteiger partial charge in [0.05, 0.1) is 43.5 Å². The lowest BCUT2D eigenvalue weighted by molar-refractivity contribution is -0.295. The second-order valence-electron chi connectivity index (χ2n) is 18.3. The first kappa shape index (κ1) is 51.6. The van der Waals surface area contributed by atoms with E-state index in [0.29, 0.717) is 37.7 Å². The van der Waals surface area contributed by atoms with Crippen LogP contribution in [0.2, 0.25) is 0 Å². The SMILES string of the molecule is CCCCO[C@H]1[C@H](N(C)C)[C@@H](C)[C@H](O[C@H]2[C@@H](CC(OC)OC)C[C@@H](C)C(=O)/C=C/C(C)=C/[C@H](CO[C@@H]3O[C@H](C)[C@@H](C)[C@@H](C)[C@H]3C)[C@@H](CC)OC(=O)C[C@@H](O)[C@@H]2C)O[C@@H]1C. The Balaban J connectivity index is 2.01. The highest BCUT2D eigenvalue weighted by Gasteiger charge is 2.47. The Labute approximate surface area is 357 Å². The van der Waals surface area contributed by atoms with Gasteiger partial charge in [-0.25, -0.2) is 0 Å². The van der Waals surface area contributed by atoms with Gasteiger partial charge >= 0.3 is 5.97 Å². The molecule has 2 fully saturated rings. The van der Waals surface area contributed by atoms with E-state index >= 15 is 0 Å². The molecule has 0 saturated carbocycles. The molecule has 3 rings (SSSR count). The maximum Gasteiger partial charge on any atom is 0.308 e. The van der Waals surface area contributed by atoms with Crippen molar-refractivity contribution in [1.82, 2.24) is 4.90 Å². The summed E-state index contributed by atoms with van der Waals surface area (Å²) < 4.78 is 50.5. The van der Waals surface area contributed by atoms with Gasteiger partial charge in [-0.05, 0) is 78.0 Å². The first-order chi connectivity index (χ1) is 27.9. The Morgan fingerprint density at radius 2 is 1.49 bits per heavy atom. The third kappa shape index (κ3) is 14.4. The quantitative estimate of drug-likeness (QED) is 0.0991. The van der Waals surface area contributed by atoms with Crippen molar-refractivity contribution in [3.05, 3.63) is 23.8 Å². The molecule has 0 aromatic rings. The van der Waals surface area contributed by atoms with Crippen LogP contribution in [0.4, 0.5) is 0 Å². The number of aliphatic hydroxyl groups excluding tert-OH is 1. The molecule has 342 valence electrons. The first-order valence-electron chi connectivity index (χ1n) is 22.6. The molecule has 17 atom stereocenters. The van der Waals surface area contributed by atoms with Crippen LogP contribution in [0, 0.1) is 47.3 Å². The Bertz CT molecular complexity index is 1320. The molecular weight excluding hydrogens is 755 g/mol. The number of carbonyl (C=O) groups is 2. The summed E-state index contributed by atoms with van der Waals surface area (Å²) in [7, 11) is 7.26. The number of aliphatic hydroxyl groups is 1. The maximum absolute atomic E-state index is 13.9. The fourth-order valence-corrected chi connectivity index (χ4v) is 9.27. The smallest absolute Gasteiger partial charge is 0.308 e. The lowest BCUT2D eigenvalue weighted by atomic mass is 9.79. The largest absolute Gasteiger partial charge is 0.462 e. The van der Waals surface area contributed by atoms with Gasteiger partial charge in [-0.3, -0.25) is 9.59 Å². The Morgan fingerprint density at radius 1 is 0.831 bits per heavy atom. The third-order valence-electron chi connectivity index (χ3n) is 13.7. The molecule has 0 unspecified atom stereocenters. The molecule has 0 bridgehead atoms. The van der Waals surface area contributed by atoms with E-state index in [9.17, 15) is 14.7 Å². The number of ether oxygens (including phenoxy) is 8. The van der Waals surface area contributed by atoms with Crippen molar-refractivity contribution in [3.63, 3.8) is 0 Å². The van der Waals surface area contributed by atoms with Gasteiger partial charge in [-0.2, -0.15) is 0 Å². The van der Waals surface area contributed by atoms with E-state index in [-0.39, 0.29) is 66.8 Å². The summed E-state index contributed by atoms with van der Waals surface area (Å²) in [4.78, 5) is 29.9. The van der Waals surface area contributed by atoms with Crippen LogP contribution in [0.5, 0.6) is 0 Å². The number of hydrogen-bond donors (Lipinski definition) is 1. The van der Waals surface area contributed by atoms with E-state index in [1.54, 1.807) is 20.3 Å². The van der Waals surface area contributed by atoms with Crippen molar-refractivity contribution in [3.8, 4) is 0 Å². The lowest BCUT2D eigenvalue weighted by Crippen LogP contribution is -2.60. The zero-order valence-corrected chi connectivity index (χ0v) is 39.3. The monoisotopic (exact) mass is 838 g/mol. The summed E-state index contributed by atoms with van der Waals surface area (Å²) in [5.41, 5.74) is 0.851. The van der Waals surface area contributed by atoms with E-state index in [4.69, 9.17) is 37.9 Å². The van der Waals surface area contributed by atoms with Crippen LogP contribution in [0.15, 0.2) is 23.8 Å². The number of allylic oxidation sites excluding steroid dienone is 3. The van der Waals surface area contributed by atoms with Crippen molar-refractivity contribution in [2.45, 2.75) is 176 Å². The minimum absolute atomic E-state index is 0.0146. The highest BCUT2D eigenvalue weighted by molar-refractivity contribution is 5.91. The normalized spacial score (nSPS) is 41.1. The van der Waals surface area contributed by atoms with Crippen LogP contribution in [-0.2, 0) is 47.5 Å². The zero-order valence-electron chi connectivity index (χ0n) is 39.3. The minimum Gasteiger partial charge on any atom is -0.462 e. The summed E-state index contributed by atoms with van der Waals surface area (Å²) in [5.74, 6) is -1.30. The molecule has 0 radical (unpaired) electrons. The fraction of sp³-hybridized carbons (Fsp3) is 0.872. The Morgan fingerprint density at radius 3 is 2.10 bits per heavy atom. The van der Waals surface area contributed by atoms with Gasteiger partial charge in [-0.15, -0.1) is 0 Å². The molecule has 3 aliphatic rings. The summed E-state index contributed by atoms with van der Waals surface area (Å²) >= 11 is 0. The molecule has 12 heteroatoms. The Kier molecular flexibility index (Phi) is 21.7. The second-order valence-corrected chi connectivity index (χ2v) is 18.3. The van der Waals surface area contributed by atoms with Gasteiger partial charge in [-0.1, -0.05) is 79.5 Å². The molecule has 59 heavy (non-hydrogen) atoms. The molecule has 2 saturated heterocycles. The summed E-state index contributed by atoms with van der Waals surface area (Å²) in [6.45, 7) is 23.6. The number of esters is 1. The van der Waals surface area contributed by atoms with Crippen molar-refractivity contribution < 1.29 is 52.6 Å². The van der Waals surface area contributed by atoms with Gasteiger partial charge in [0.2, 0.25) is 0 Å². The van der Waals surface area contributed by atoms with E-state index in [2.05, 4.69) is 46.4 Å². The number of rotatable bonds is 15. The molecule has 0 amide bonds. The predicted molar refractivity (Wildman–Crippen MR) is 229 cm³/mol. The van der Waals surface area contributed by atoms with E-state index in [1.807, 2.05) is 60.9 Å². The minimum atomic E-state index is -1.13. The fourth-order valence-electron chi connectivity index (χ4n) is 9.27. The average molecular weight is 838 g/mol. The number of carbonyl (C=O) groups excluding carboxylic acids is 2. The van der Waals surface area contributed by atoms with Gasteiger partial charge in [0.1, 0.15) is 6.10 Å². The number of nitrogens with zero attached hydrogens (tertiary/aromatic N) is 1. The molecule has 3 aliphatic heterocycles. The Hall–Kier alpha value is -1.74. The summed E-state index contributed by atoms with van der Waals surface area (Å²) in [6.07, 6.45) is 4.18. The predicted octanol–water partition coefficient (Wildman–Crippen LogP) is 7.60. The highest BCUT2D eigenvalue weighted by Crippen LogP contribution is 2.39. The average Bonchev–Trinajstić information content (AvgIpc) is 3.19. The first-order valence-corrected chi connectivity index (χ1v) is 22.6. The number of likely N-dealkylation sites (N-methyl/N-ethyl adjacent to an activating group) is 1. The standard InChI is InChI=1S/C47H83NO11/c1-16-18-21-54-45-35(11)57-47(33(9)43(45)48(12)13)59-44-32(8)39(50)25-41(51)58-40(17-2)37(26-55-46-31(7)29(5)30(6)34(10)56-46)22-27(3)19-20-38(49)28(4)23-36(44)24-42(52-14)53-15/h19-20,22,28-37,39-40,42-47,50H,16-18,21,23-26H2,1-15H3/b20-19+,27-22+/t28-,29-,30+,31-,32+,33-,34-,35-,36-,37-,39-,40-,43-,44-,45-,46-,47+/m1/s1. The van der Waals surface area contributed by atoms with Crippen LogP contribution >= 0.6 is 0 Å². The van der Waals surface area contributed by atoms with E-state index in [1.165, 1.54) is 0 Å². The highest BCUT2D eigenvalue weighted by atomic mass is 16.7. The molecule has 12 nitrogen and oxygen atoms in total. The number of ketones is 1. The van der Waals surface area contributed by atoms with Crippen molar-refractivity contribution in [1.29, 1.82) is 0 Å². The molecule has 0 aliphatic carbocycles. The van der Waals surface area contributed by atoms with Crippen molar-refractivity contribution >= 4 is 11.8 Å². The van der Waals surface area contributed by atoms with E-state index in [0.717, 1.165) is 18.4 Å². The molecule has 0 aromatic carbocycles.